The largest absolute Gasteiger partial charge is 0.398 e. The maximum absolute atomic E-state index is 12.9. The van der Waals surface area contributed by atoms with Gasteiger partial charge in [-0.05, 0) is 57.0 Å². The van der Waals surface area contributed by atoms with Gasteiger partial charge in [-0.15, -0.1) is 0 Å². The van der Waals surface area contributed by atoms with E-state index in [1.165, 1.54) is 6.42 Å². The van der Waals surface area contributed by atoms with Crippen LogP contribution in [0.4, 0.5) is 5.69 Å². The fourth-order valence-corrected chi connectivity index (χ4v) is 5.05. The van der Waals surface area contributed by atoms with Gasteiger partial charge in [0.15, 0.2) is 0 Å². The van der Waals surface area contributed by atoms with Gasteiger partial charge in [0.2, 0.25) is 10.0 Å². The molecule has 0 aromatic heterocycles. The Bertz CT molecular complexity index is 630. The highest BCUT2D eigenvalue weighted by atomic mass is 32.2. The fraction of sp³-hybridized carbons (Fsp3) is 0.600. The predicted octanol–water partition coefficient (Wildman–Crippen LogP) is 1.44. The number of sulfonamides is 1. The Hall–Kier alpha value is -1.11. The van der Waals surface area contributed by atoms with Crippen LogP contribution in [0.3, 0.4) is 0 Å². The number of aryl methyl sites for hydroxylation is 1. The second-order valence-electron chi connectivity index (χ2n) is 6.09. The Balaban J connectivity index is 1.90. The molecule has 1 aromatic carbocycles. The molecule has 0 radical (unpaired) electrons. The summed E-state index contributed by atoms with van der Waals surface area (Å²) in [5.41, 5.74) is 7.27. The van der Waals surface area contributed by atoms with E-state index >= 15 is 0 Å². The second-order valence-corrected chi connectivity index (χ2v) is 8.00. The van der Waals surface area contributed by atoms with Gasteiger partial charge in [-0.1, -0.05) is 6.07 Å². The molecule has 2 N–H and O–H groups in total. The lowest BCUT2D eigenvalue weighted by molar-refractivity contribution is 0.257. The van der Waals surface area contributed by atoms with Gasteiger partial charge < -0.3 is 5.73 Å². The summed E-state index contributed by atoms with van der Waals surface area (Å²) < 4.78 is 27.4. The standard InChI is InChI=1S/C15H23N3O2S/c1-12-5-6-15(14(16)10-12)21(19,20)18-9-3-8-17-7-2-4-13(17)11-18/h5-6,10,13H,2-4,7-9,11,16H2,1H3. The van der Waals surface area contributed by atoms with Crippen molar-refractivity contribution in [2.75, 3.05) is 31.9 Å². The van der Waals surface area contributed by atoms with E-state index in [1.54, 1.807) is 16.4 Å². The number of hydrogen-bond donors (Lipinski definition) is 1. The van der Waals surface area contributed by atoms with Crippen LogP contribution in [0.1, 0.15) is 24.8 Å². The Morgan fingerprint density at radius 1 is 1.19 bits per heavy atom. The number of rotatable bonds is 2. The Morgan fingerprint density at radius 2 is 1.95 bits per heavy atom. The van der Waals surface area contributed by atoms with E-state index in [0.717, 1.165) is 31.5 Å². The highest BCUT2D eigenvalue weighted by Crippen LogP contribution is 2.28. The number of nitrogen functional groups attached to an aromatic ring is 1. The van der Waals surface area contributed by atoms with E-state index in [9.17, 15) is 8.42 Å². The maximum atomic E-state index is 12.9. The van der Waals surface area contributed by atoms with Crippen molar-refractivity contribution in [2.24, 2.45) is 0 Å². The van der Waals surface area contributed by atoms with Gasteiger partial charge >= 0.3 is 0 Å². The molecule has 5 nitrogen and oxygen atoms in total. The SMILES string of the molecule is Cc1ccc(S(=O)(=O)N2CCCN3CCCC3C2)c(N)c1. The number of benzene rings is 1. The smallest absolute Gasteiger partial charge is 0.245 e. The number of anilines is 1. The molecular formula is C15H23N3O2S. The summed E-state index contributed by atoms with van der Waals surface area (Å²) in [6.07, 6.45) is 3.15. The van der Waals surface area contributed by atoms with Crippen LogP contribution in [-0.4, -0.2) is 49.8 Å². The first-order valence-corrected chi connectivity index (χ1v) is 9.03. The summed E-state index contributed by atoms with van der Waals surface area (Å²) in [5.74, 6) is 0. The van der Waals surface area contributed by atoms with Gasteiger partial charge in [-0.3, -0.25) is 4.90 Å². The molecule has 1 atom stereocenters. The third-order valence-electron chi connectivity index (χ3n) is 4.55. The lowest BCUT2D eigenvalue weighted by Gasteiger charge is -2.25. The normalized spacial score (nSPS) is 24.7. The summed E-state index contributed by atoms with van der Waals surface area (Å²) in [6, 6.07) is 5.54. The first-order chi connectivity index (χ1) is 9.98. The van der Waals surface area contributed by atoms with Crippen molar-refractivity contribution in [1.82, 2.24) is 9.21 Å². The average Bonchev–Trinajstić information content (AvgIpc) is 2.75. The van der Waals surface area contributed by atoms with Gasteiger partial charge in [0.25, 0.3) is 0 Å². The van der Waals surface area contributed by atoms with Crippen LogP contribution in [0, 0.1) is 6.92 Å². The molecule has 2 aliphatic rings. The van der Waals surface area contributed by atoms with Crippen LogP contribution in [0.2, 0.25) is 0 Å². The van der Waals surface area contributed by atoms with Crippen LogP contribution in [0.15, 0.2) is 23.1 Å². The molecule has 2 aliphatic heterocycles. The van der Waals surface area contributed by atoms with Crippen LogP contribution in [0.25, 0.3) is 0 Å². The van der Waals surface area contributed by atoms with E-state index in [2.05, 4.69) is 4.90 Å². The average molecular weight is 309 g/mol. The summed E-state index contributed by atoms with van der Waals surface area (Å²) >= 11 is 0. The maximum Gasteiger partial charge on any atom is 0.245 e. The molecule has 21 heavy (non-hydrogen) atoms. The molecule has 0 amide bonds. The van der Waals surface area contributed by atoms with Crippen molar-refractivity contribution in [3.63, 3.8) is 0 Å². The Labute approximate surface area is 126 Å². The molecule has 1 aromatic rings. The minimum Gasteiger partial charge on any atom is -0.398 e. The zero-order valence-electron chi connectivity index (χ0n) is 12.5. The molecule has 0 aliphatic carbocycles. The fourth-order valence-electron chi connectivity index (χ4n) is 3.43. The number of fused-ring (bicyclic) bond motifs is 1. The van der Waals surface area contributed by atoms with Gasteiger partial charge in [-0.25, -0.2) is 8.42 Å². The van der Waals surface area contributed by atoms with Crippen molar-refractivity contribution in [1.29, 1.82) is 0 Å². The van der Waals surface area contributed by atoms with E-state index in [0.29, 0.717) is 24.8 Å². The molecular weight excluding hydrogens is 286 g/mol. The minimum atomic E-state index is -3.49. The van der Waals surface area contributed by atoms with E-state index in [-0.39, 0.29) is 4.90 Å². The zero-order chi connectivity index (χ0) is 15.0. The molecule has 2 saturated heterocycles. The summed E-state index contributed by atoms with van der Waals surface area (Å²) in [7, 11) is -3.49. The molecule has 0 spiro atoms. The molecule has 2 fully saturated rings. The first kappa shape index (κ1) is 14.8. The lowest BCUT2D eigenvalue weighted by Crippen LogP contribution is -2.39. The summed E-state index contributed by atoms with van der Waals surface area (Å²) in [6.45, 7) is 5.19. The van der Waals surface area contributed by atoms with Crippen molar-refractivity contribution in [2.45, 2.75) is 37.1 Å². The van der Waals surface area contributed by atoms with Crippen molar-refractivity contribution in [3.8, 4) is 0 Å². The number of nitrogens with two attached hydrogens (primary N) is 1. The minimum absolute atomic E-state index is 0.250. The van der Waals surface area contributed by atoms with Crippen LogP contribution in [0.5, 0.6) is 0 Å². The van der Waals surface area contributed by atoms with Crippen molar-refractivity contribution in [3.05, 3.63) is 23.8 Å². The van der Waals surface area contributed by atoms with Gasteiger partial charge in [0.05, 0.1) is 5.69 Å². The number of nitrogens with zero attached hydrogens (tertiary/aromatic N) is 2. The topological polar surface area (TPSA) is 66.6 Å². The van der Waals surface area contributed by atoms with Crippen LogP contribution < -0.4 is 5.73 Å². The molecule has 1 unspecified atom stereocenters. The molecule has 2 heterocycles. The highest BCUT2D eigenvalue weighted by molar-refractivity contribution is 7.89. The monoisotopic (exact) mass is 309 g/mol. The van der Waals surface area contributed by atoms with E-state index < -0.39 is 10.0 Å². The van der Waals surface area contributed by atoms with Crippen LogP contribution in [-0.2, 0) is 10.0 Å². The molecule has 116 valence electrons. The first-order valence-electron chi connectivity index (χ1n) is 7.59. The van der Waals surface area contributed by atoms with E-state index in [1.807, 2.05) is 13.0 Å². The van der Waals surface area contributed by atoms with E-state index in [4.69, 9.17) is 5.73 Å². The predicted molar refractivity (Wildman–Crippen MR) is 83.6 cm³/mol. The molecule has 6 heteroatoms. The lowest BCUT2D eigenvalue weighted by atomic mass is 10.2. The second kappa shape index (κ2) is 5.59. The Kier molecular flexibility index (Phi) is 3.94. The molecule has 0 bridgehead atoms. The zero-order valence-corrected chi connectivity index (χ0v) is 13.3. The third-order valence-corrected chi connectivity index (χ3v) is 6.49. The Morgan fingerprint density at radius 3 is 2.71 bits per heavy atom. The van der Waals surface area contributed by atoms with Gasteiger partial charge in [-0.2, -0.15) is 4.31 Å². The van der Waals surface area contributed by atoms with Gasteiger partial charge in [0, 0.05) is 19.1 Å². The quantitative estimate of drug-likeness (QED) is 0.840. The van der Waals surface area contributed by atoms with Crippen molar-refractivity contribution >= 4 is 15.7 Å². The van der Waals surface area contributed by atoms with Gasteiger partial charge in [0.1, 0.15) is 4.90 Å². The highest BCUT2D eigenvalue weighted by Gasteiger charge is 2.34. The molecule has 0 saturated carbocycles. The summed E-state index contributed by atoms with van der Waals surface area (Å²) in [4.78, 5) is 2.67. The summed E-state index contributed by atoms with van der Waals surface area (Å²) in [5, 5.41) is 0. The molecule has 3 rings (SSSR count). The number of hydrogen-bond acceptors (Lipinski definition) is 4. The third kappa shape index (κ3) is 2.80. The van der Waals surface area contributed by atoms with Crippen LogP contribution >= 0.6 is 0 Å². The van der Waals surface area contributed by atoms with Crippen molar-refractivity contribution < 1.29 is 8.42 Å².